The van der Waals surface area contributed by atoms with Crippen LogP contribution in [-0.4, -0.2) is 13.1 Å². The predicted octanol–water partition coefficient (Wildman–Crippen LogP) is 7.54. The first-order valence-electron chi connectivity index (χ1n) is 10.8. The second-order valence-corrected chi connectivity index (χ2v) is 8.68. The number of hydrogen-bond acceptors (Lipinski definition) is 6. The van der Waals surface area contributed by atoms with Crippen LogP contribution in [0.15, 0.2) is 58.8 Å². The summed E-state index contributed by atoms with van der Waals surface area (Å²) in [6, 6.07) is 21.1. The van der Waals surface area contributed by atoms with Gasteiger partial charge in [0.2, 0.25) is 0 Å². The maximum absolute atomic E-state index is 9.40. The molecular weight excluding hydrogens is 414 g/mol. The Morgan fingerprint density at radius 2 is 1.75 bits per heavy atom. The molecule has 0 spiro atoms. The van der Waals surface area contributed by atoms with Crippen molar-refractivity contribution in [1.29, 1.82) is 10.5 Å². The van der Waals surface area contributed by atoms with Gasteiger partial charge in [-0.2, -0.15) is 10.5 Å². The number of rotatable bonds is 8. The summed E-state index contributed by atoms with van der Waals surface area (Å²) in [5.74, 6) is 0.469. The zero-order chi connectivity index (χ0) is 23.1. The van der Waals surface area contributed by atoms with Crippen molar-refractivity contribution in [2.45, 2.75) is 40.0 Å². The van der Waals surface area contributed by atoms with Crippen molar-refractivity contribution < 1.29 is 0 Å². The molecule has 0 N–H and O–H groups in total. The molecule has 32 heavy (non-hydrogen) atoms. The molecule has 6 heteroatoms. The fourth-order valence-corrected chi connectivity index (χ4v) is 4.61. The lowest BCUT2D eigenvalue weighted by Crippen LogP contribution is -2.28. The molecule has 0 amide bonds. The fraction of sp³-hybridized carbons (Fsp3) is 0.308. The molecular formula is C26H27N5S. The molecule has 0 aliphatic carbocycles. The highest BCUT2D eigenvalue weighted by atomic mass is 32.1. The molecule has 162 valence electrons. The highest BCUT2D eigenvalue weighted by Gasteiger charge is 2.16. The van der Waals surface area contributed by atoms with Gasteiger partial charge in [0, 0.05) is 24.7 Å². The molecule has 3 rings (SSSR count). The number of aryl methyl sites for hydroxylation is 1. The first-order chi connectivity index (χ1) is 15.5. The molecule has 1 aromatic heterocycles. The maximum Gasteiger partial charge on any atom is 0.158 e. The second-order valence-electron chi connectivity index (χ2n) is 7.69. The average molecular weight is 442 g/mol. The van der Waals surface area contributed by atoms with Gasteiger partial charge in [-0.25, -0.2) is 0 Å². The van der Waals surface area contributed by atoms with Crippen LogP contribution in [-0.2, 0) is 0 Å². The zero-order valence-corrected chi connectivity index (χ0v) is 19.8. The Bertz CT molecular complexity index is 1180. The normalized spacial score (nSPS) is 11.8. The van der Waals surface area contributed by atoms with Gasteiger partial charge in [-0.15, -0.1) is 21.6 Å². The van der Waals surface area contributed by atoms with Crippen LogP contribution >= 0.6 is 11.3 Å². The number of azo groups is 1. The number of hydrogen-bond donors (Lipinski definition) is 0. The van der Waals surface area contributed by atoms with Crippen LogP contribution in [0.3, 0.4) is 0 Å². The standard InChI is InChI=1S/C26H27N5S/c1-5-20(21-10-8-7-9-11-21)17-31(6-2)22-12-13-24(18(3)14-22)29-30-26-23(15-27)19(4)25(16-28)32-26/h7-14,20H,5-6,17H2,1-4H3. The number of benzene rings is 2. The molecule has 1 atom stereocenters. The lowest BCUT2D eigenvalue weighted by atomic mass is 9.95. The van der Waals surface area contributed by atoms with E-state index in [9.17, 15) is 10.5 Å². The quantitative estimate of drug-likeness (QED) is 0.339. The maximum atomic E-state index is 9.40. The van der Waals surface area contributed by atoms with Gasteiger partial charge in [0.25, 0.3) is 0 Å². The van der Waals surface area contributed by atoms with Gasteiger partial charge >= 0.3 is 0 Å². The van der Waals surface area contributed by atoms with Gasteiger partial charge in [-0.3, -0.25) is 0 Å². The van der Waals surface area contributed by atoms with Crippen molar-refractivity contribution in [2.24, 2.45) is 10.2 Å². The first kappa shape index (κ1) is 23.2. The van der Waals surface area contributed by atoms with E-state index in [2.05, 4.69) is 83.6 Å². The van der Waals surface area contributed by atoms with Crippen molar-refractivity contribution in [1.82, 2.24) is 0 Å². The lowest BCUT2D eigenvalue weighted by Gasteiger charge is -2.28. The summed E-state index contributed by atoms with van der Waals surface area (Å²) >= 11 is 1.20. The Hall–Kier alpha value is -3.48. The Balaban J connectivity index is 1.82. The van der Waals surface area contributed by atoms with Crippen molar-refractivity contribution in [3.05, 3.63) is 75.7 Å². The van der Waals surface area contributed by atoms with E-state index in [-0.39, 0.29) is 0 Å². The Morgan fingerprint density at radius 1 is 1.00 bits per heavy atom. The number of likely N-dealkylation sites (N-methyl/N-ethyl adjacent to an activating group) is 1. The van der Waals surface area contributed by atoms with E-state index in [1.165, 1.54) is 16.9 Å². The lowest BCUT2D eigenvalue weighted by molar-refractivity contribution is 0.633. The summed E-state index contributed by atoms with van der Waals surface area (Å²) in [5, 5.41) is 27.8. The Labute approximate surface area is 194 Å². The second kappa shape index (κ2) is 10.7. The van der Waals surface area contributed by atoms with E-state index in [1.54, 1.807) is 6.92 Å². The Morgan fingerprint density at radius 3 is 2.34 bits per heavy atom. The molecule has 5 nitrogen and oxygen atoms in total. The van der Waals surface area contributed by atoms with Crippen LogP contribution < -0.4 is 4.90 Å². The van der Waals surface area contributed by atoms with E-state index in [0.717, 1.165) is 36.4 Å². The van der Waals surface area contributed by atoms with Gasteiger partial charge in [0.05, 0.1) is 11.3 Å². The van der Waals surface area contributed by atoms with Gasteiger partial charge in [-0.1, -0.05) is 37.3 Å². The summed E-state index contributed by atoms with van der Waals surface area (Å²) in [6.45, 7) is 10.1. The van der Waals surface area contributed by atoms with Gasteiger partial charge in [-0.05, 0) is 62.1 Å². The van der Waals surface area contributed by atoms with E-state index < -0.39 is 0 Å². The minimum atomic E-state index is 0.424. The van der Waals surface area contributed by atoms with E-state index in [0.29, 0.717) is 26.9 Å². The molecule has 1 unspecified atom stereocenters. The SMILES string of the molecule is CCC(CN(CC)c1ccc(N=Nc2sc(C#N)c(C)c2C#N)c(C)c1)c1ccccc1. The molecule has 0 saturated carbocycles. The third-order valence-electron chi connectivity index (χ3n) is 5.72. The number of thiophene rings is 1. The minimum Gasteiger partial charge on any atom is -0.371 e. The summed E-state index contributed by atoms with van der Waals surface area (Å²) < 4.78 is 0. The number of nitrogens with zero attached hydrogens (tertiary/aromatic N) is 5. The van der Waals surface area contributed by atoms with Crippen LogP contribution in [0, 0.1) is 36.5 Å². The van der Waals surface area contributed by atoms with Gasteiger partial charge < -0.3 is 4.90 Å². The Kier molecular flexibility index (Phi) is 7.76. The molecule has 0 aliphatic heterocycles. The molecule has 0 bridgehead atoms. The molecule has 2 aromatic carbocycles. The largest absolute Gasteiger partial charge is 0.371 e. The van der Waals surface area contributed by atoms with E-state index >= 15 is 0 Å². The highest BCUT2D eigenvalue weighted by Crippen LogP contribution is 2.36. The average Bonchev–Trinajstić information content (AvgIpc) is 3.14. The summed E-state index contributed by atoms with van der Waals surface area (Å²) in [5.41, 5.74) is 5.40. The van der Waals surface area contributed by atoms with Gasteiger partial charge in [0.15, 0.2) is 5.00 Å². The van der Waals surface area contributed by atoms with Crippen molar-refractivity contribution in [2.75, 3.05) is 18.0 Å². The summed E-state index contributed by atoms with van der Waals surface area (Å²) in [6.07, 6.45) is 1.08. The van der Waals surface area contributed by atoms with Crippen molar-refractivity contribution >= 4 is 27.7 Å². The molecule has 3 aromatic rings. The first-order valence-corrected chi connectivity index (χ1v) is 11.6. The fourth-order valence-electron chi connectivity index (χ4n) is 3.73. The smallest absolute Gasteiger partial charge is 0.158 e. The third-order valence-corrected chi connectivity index (χ3v) is 6.80. The molecule has 0 saturated heterocycles. The van der Waals surface area contributed by atoms with Crippen molar-refractivity contribution in [3.63, 3.8) is 0 Å². The minimum absolute atomic E-state index is 0.424. The number of anilines is 1. The number of nitriles is 2. The van der Waals surface area contributed by atoms with Crippen LogP contribution in [0.5, 0.6) is 0 Å². The zero-order valence-electron chi connectivity index (χ0n) is 19.0. The van der Waals surface area contributed by atoms with Crippen molar-refractivity contribution in [3.8, 4) is 12.1 Å². The van der Waals surface area contributed by atoms with Crippen LogP contribution in [0.1, 0.15) is 53.3 Å². The van der Waals surface area contributed by atoms with Crippen LogP contribution in [0.4, 0.5) is 16.4 Å². The van der Waals surface area contributed by atoms with Crippen LogP contribution in [0.25, 0.3) is 0 Å². The monoisotopic (exact) mass is 441 g/mol. The molecule has 0 fully saturated rings. The topological polar surface area (TPSA) is 75.5 Å². The molecule has 0 aliphatic rings. The summed E-state index contributed by atoms with van der Waals surface area (Å²) in [7, 11) is 0. The third kappa shape index (κ3) is 5.04. The summed E-state index contributed by atoms with van der Waals surface area (Å²) in [4.78, 5) is 2.90. The highest BCUT2D eigenvalue weighted by molar-refractivity contribution is 7.16. The van der Waals surface area contributed by atoms with E-state index in [1.807, 2.05) is 13.0 Å². The van der Waals surface area contributed by atoms with E-state index in [4.69, 9.17) is 0 Å². The predicted molar refractivity (Wildman–Crippen MR) is 131 cm³/mol. The molecule has 0 radical (unpaired) electrons. The molecule has 1 heterocycles. The van der Waals surface area contributed by atoms with Crippen LogP contribution in [0.2, 0.25) is 0 Å². The van der Waals surface area contributed by atoms with Gasteiger partial charge in [0.1, 0.15) is 17.0 Å².